The van der Waals surface area contributed by atoms with Crippen molar-refractivity contribution >= 4 is 23.4 Å². The third kappa shape index (κ3) is 4.37. The number of carbonyl (C=O) groups is 2. The van der Waals surface area contributed by atoms with E-state index in [2.05, 4.69) is 10.6 Å². The number of amides is 2. The van der Waals surface area contributed by atoms with Crippen molar-refractivity contribution in [3.8, 4) is 5.75 Å². The molecule has 0 atom stereocenters. The van der Waals surface area contributed by atoms with E-state index in [4.69, 9.17) is 16.3 Å². The average Bonchev–Trinajstić information content (AvgIpc) is 2.85. The first kappa shape index (κ1) is 19.7. The van der Waals surface area contributed by atoms with Gasteiger partial charge in [-0.15, -0.1) is 0 Å². The Morgan fingerprint density at radius 3 is 2.66 bits per heavy atom. The number of halogens is 2. The number of benzene rings is 2. The highest BCUT2D eigenvalue weighted by atomic mass is 35.5. The molecule has 0 bridgehead atoms. The first-order valence-electron chi connectivity index (χ1n) is 9.73. The molecule has 0 radical (unpaired) electrons. The van der Waals surface area contributed by atoms with Gasteiger partial charge in [0.2, 0.25) is 5.91 Å². The minimum absolute atomic E-state index is 0.00554. The van der Waals surface area contributed by atoms with Crippen LogP contribution in [0.2, 0.25) is 5.02 Å². The molecule has 2 aromatic carbocycles. The van der Waals surface area contributed by atoms with Crippen molar-refractivity contribution in [1.82, 2.24) is 10.6 Å². The predicted octanol–water partition coefficient (Wildman–Crippen LogP) is 3.85. The summed E-state index contributed by atoms with van der Waals surface area (Å²) in [4.78, 5) is 24.9. The first-order valence-corrected chi connectivity index (χ1v) is 10.1. The van der Waals surface area contributed by atoms with E-state index in [-0.39, 0.29) is 23.5 Å². The van der Waals surface area contributed by atoms with Gasteiger partial charge in [0.1, 0.15) is 17.2 Å². The molecule has 7 heteroatoms. The van der Waals surface area contributed by atoms with Gasteiger partial charge in [0.05, 0.1) is 12.1 Å². The maximum atomic E-state index is 13.0. The minimum atomic E-state index is -0.511. The molecule has 4 rings (SSSR count). The Labute approximate surface area is 173 Å². The first-order chi connectivity index (χ1) is 13.9. The number of fused-ring (bicyclic) bond motifs is 1. The summed E-state index contributed by atoms with van der Waals surface area (Å²) in [5.41, 5.74) is 0.785. The molecule has 1 spiro atoms. The van der Waals surface area contributed by atoms with Crippen LogP contribution in [0.5, 0.6) is 5.75 Å². The third-order valence-electron chi connectivity index (χ3n) is 5.73. The molecule has 0 unspecified atom stereocenters. The Hall–Kier alpha value is -2.60. The summed E-state index contributed by atoms with van der Waals surface area (Å²) in [6.07, 6.45) is 2.69. The van der Waals surface area contributed by atoms with E-state index in [0.717, 1.165) is 5.56 Å². The molecule has 0 saturated heterocycles. The Balaban J connectivity index is 1.37. The fourth-order valence-corrected chi connectivity index (χ4v) is 4.17. The molecule has 2 N–H and O–H groups in total. The van der Waals surface area contributed by atoms with Crippen molar-refractivity contribution in [2.45, 2.75) is 37.8 Å². The number of rotatable bonds is 3. The molecule has 2 aromatic rings. The van der Waals surface area contributed by atoms with Crippen LogP contribution in [0.25, 0.3) is 0 Å². The lowest BCUT2D eigenvalue weighted by Crippen LogP contribution is -2.49. The van der Waals surface area contributed by atoms with Crippen LogP contribution in [0.4, 0.5) is 4.39 Å². The molecule has 1 aliphatic carbocycles. The summed E-state index contributed by atoms with van der Waals surface area (Å²) in [5, 5.41) is 6.35. The van der Waals surface area contributed by atoms with Crippen LogP contribution in [-0.2, 0) is 11.3 Å². The van der Waals surface area contributed by atoms with E-state index in [1.807, 2.05) is 0 Å². The van der Waals surface area contributed by atoms with Crippen molar-refractivity contribution in [2.24, 2.45) is 5.92 Å². The lowest BCUT2D eigenvalue weighted by Gasteiger charge is -2.39. The number of carbonyl (C=O) groups excluding carboxylic acids is 2. The molecular weight excluding hydrogens is 395 g/mol. The van der Waals surface area contributed by atoms with Crippen molar-refractivity contribution in [1.29, 1.82) is 0 Å². The summed E-state index contributed by atoms with van der Waals surface area (Å²) in [7, 11) is 0. The zero-order chi connectivity index (χ0) is 20.4. The molecule has 1 aliphatic heterocycles. The summed E-state index contributed by atoms with van der Waals surface area (Å²) in [6, 6.07) is 11.1. The topological polar surface area (TPSA) is 67.4 Å². The van der Waals surface area contributed by atoms with Crippen LogP contribution in [0.3, 0.4) is 0 Å². The van der Waals surface area contributed by atoms with Gasteiger partial charge in [0.15, 0.2) is 0 Å². The van der Waals surface area contributed by atoms with Gasteiger partial charge in [-0.2, -0.15) is 0 Å². The molecule has 29 heavy (non-hydrogen) atoms. The monoisotopic (exact) mass is 416 g/mol. The van der Waals surface area contributed by atoms with E-state index >= 15 is 0 Å². The average molecular weight is 417 g/mol. The minimum Gasteiger partial charge on any atom is -0.485 e. The van der Waals surface area contributed by atoms with Crippen LogP contribution in [0.15, 0.2) is 42.5 Å². The van der Waals surface area contributed by atoms with Gasteiger partial charge >= 0.3 is 0 Å². The van der Waals surface area contributed by atoms with Crippen molar-refractivity contribution in [3.05, 3.63) is 64.4 Å². The molecule has 5 nitrogen and oxygen atoms in total. The van der Waals surface area contributed by atoms with Gasteiger partial charge in [0.25, 0.3) is 5.91 Å². The Morgan fingerprint density at radius 1 is 1.21 bits per heavy atom. The summed E-state index contributed by atoms with van der Waals surface area (Å²) in [5.74, 6) is -0.0681. The molecule has 1 saturated carbocycles. The lowest BCUT2D eigenvalue weighted by molar-refractivity contribution is -0.127. The van der Waals surface area contributed by atoms with Crippen molar-refractivity contribution in [2.75, 3.05) is 6.54 Å². The highest BCUT2D eigenvalue weighted by Gasteiger charge is 2.41. The van der Waals surface area contributed by atoms with E-state index in [1.165, 1.54) is 12.1 Å². The van der Waals surface area contributed by atoms with Gasteiger partial charge in [0, 0.05) is 17.5 Å². The number of hydrogen-bond donors (Lipinski definition) is 2. The second kappa shape index (κ2) is 8.03. The van der Waals surface area contributed by atoms with E-state index in [0.29, 0.717) is 55.1 Å². The third-order valence-corrected chi connectivity index (χ3v) is 5.97. The SMILES string of the molecule is O=C1NCC2(CCC(C(=O)NCc3ccc(F)cc3)CC2)Oc2ccc(Cl)cc21. The second-order valence-corrected chi connectivity index (χ2v) is 8.16. The maximum absolute atomic E-state index is 13.0. The molecule has 1 heterocycles. The number of nitrogens with one attached hydrogen (secondary N) is 2. The summed E-state index contributed by atoms with van der Waals surface area (Å²) >= 11 is 6.01. The van der Waals surface area contributed by atoms with E-state index < -0.39 is 5.60 Å². The molecule has 0 aromatic heterocycles. The van der Waals surface area contributed by atoms with Gasteiger partial charge in [-0.3, -0.25) is 9.59 Å². The molecule has 2 amide bonds. The zero-order valence-corrected chi connectivity index (χ0v) is 16.6. The molecular formula is C22H22ClFN2O3. The lowest BCUT2D eigenvalue weighted by atomic mass is 9.78. The van der Waals surface area contributed by atoms with Crippen LogP contribution >= 0.6 is 11.6 Å². The summed E-state index contributed by atoms with van der Waals surface area (Å²) < 4.78 is 19.3. The smallest absolute Gasteiger partial charge is 0.255 e. The molecule has 152 valence electrons. The van der Waals surface area contributed by atoms with E-state index in [1.54, 1.807) is 30.3 Å². The van der Waals surface area contributed by atoms with Crippen LogP contribution < -0.4 is 15.4 Å². The summed E-state index contributed by atoms with van der Waals surface area (Å²) in [6.45, 7) is 0.781. The van der Waals surface area contributed by atoms with E-state index in [9.17, 15) is 14.0 Å². The number of hydrogen-bond acceptors (Lipinski definition) is 3. The van der Waals surface area contributed by atoms with Gasteiger partial charge in [-0.1, -0.05) is 23.7 Å². The zero-order valence-electron chi connectivity index (χ0n) is 15.8. The fourth-order valence-electron chi connectivity index (χ4n) is 4.00. The molecule has 1 fully saturated rings. The van der Waals surface area contributed by atoms with Gasteiger partial charge in [-0.25, -0.2) is 4.39 Å². The predicted molar refractivity (Wildman–Crippen MR) is 107 cm³/mol. The standard InChI is InChI=1S/C22H22ClFN2O3/c23-16-3-6-19-18(11-16)21(28)26-13-22(29-19)9-7-15(8-10-22)20(27)25-12-14-1-4-17(24)5-2-14/h1-6,11,15H,7-10,12-13H2,(H,25,27)(H,26,28). The Bertz CT molecular complexity index is 924. The van der Waals surface area contributed by atoms with Crippen molar-refractivity contribution in [3.63, 3.8) is 0 Å². The largest absolute Gasteiger partial charge is 0.485 e. The highest BCUT2D eigenvalue weighted by Crippen LogP contribution is 2.38. The fraction of sp³-hybridized carbons (Fsp3) is 0.364. The Morgan fingerprint density at radius 2 is 1.93 bits per heavy atom. The maximum Gasteiger partial charge on any atom is 0.255 e. The van der Waals surface area contributed by atoms with Crippen LogP contribution in [-0.4, -0.2) is 24.0 Å². The van der Waals surface area contributed by atoms with Gasteiger partial charge < -0.3 is 15.4 Å². The molecule has 2 aliphatic rings. The highest BCUT2D eigenvalue weighted by molar-refractivity contribution is 6.31. The van der Waals surface area contributed by atoms with Crippen LogP contribution in [0.1, 0.15) is 41.6 Å². The normalized spacial score (nSPS) is 23.5. The number of ether oxygens (including phenoxy) is 1. The quantitative estimate of drug-likeness (QED) is 0.798. The Kier molecular flexibility index (Phi) is 5.46. The van der Waals surface area contributed by atoms with Crippen molar-refractivity contribution < 1.29 is 18.7 Å². The van der Waals surface area contributed by atoms with Gasteiger partial charge in [-0.05, 0) is 61.6 Å². The second-order valence-electron chi connectivity index (χ2n) is 7.73. The van der Waals surface area contributed by atoms with Crippen LogP contribution in [0, 0.1) is 11.7 Å².